The van der Waals surface area contributed by atoms with Gasteiger partial charge in [0.25, 0.3) is 5.91 Å². The highest BCUT2D eigenvalue weighted by atomic mass is 16.5. The molecule has 1 N–H and O–H groups in total. The number of piperazine rings is 1. The largest absolute Gasteiger partial charge is 0.491 e. The molecule has 3 aromatic rings. The Bertz CT molecular complexity index is 1180. The molecule has 0 aliphatic carbocycles. The Morgan fingerprint density at radius 1 is 1.00 bits per heavy atom. The van der Waals surface area contributed by atoms with Crippen molar-refractivity contribution in [2.45, 2.75) is 39.8 Å². The molecular weight excluding hydrogens is 438 g/mol. The lowest BCUT2D eigenvalue weighted by molar-refractivity contribution is 0.0939. The number of ether oxygens (including phenoxy) is 1. The van der Waals surface area contributed by atoms with Crippen molar-refractivity contribution in [2.24, 2.45) is 7.05 Å². The van der Waals surface area contributed by atoms with Crippen molar-refractivity contribution in [3.05, 3.63) is 65.5 Å². The predicted molar refractivity (Wildman–Crippen MR) is 141 cm³/mol. The highest BCUT2D eigenvalue weighted by Gasteiger charge is 2.19. The second-order valence-electron chi connectivity index (χ2n) is 9.84. The molecule has 186 valence electrons. The van der Waals surface area contributed by atoms with Crippen LogP contribution in [0.4, 0.5) is 5.69 Å². The van der Waals surface area contributed by atoms with Gasteiger partial charge < -0.3 is 19.9 Å². The Morgan fingerprint density at radius 2 is 1.74 bits per heavy atom. The summed E-state index contributed by atoms with van der Waals surface area (Å²) in [4.78, 5) is 18.1. The van der Waals surface area contributed by atoms with Gasteiger partial charge in [-0.1, -0.05) is 6.07 Å². The fourth-order valence-corrected chi connectivity index (χ4v) is 4.42. The zero-order valence-electron chi connectivity index (χ0n) is 21.7. The third kappa shape index (κ3) is 6.03. The Labute approximate surface area is 208 Å². The Morgan fingerprint density at radius 3 is 2.40 bits per heavy atom. The van der Waals surface area contributed by atoms with Gasteiger partial charge in [0, 0.05) is 56.2 Å². The van der Waals surface area contributed by atoms with E-state index in [0.29, 0.717) is 0 Å². The number of rotatable bonds is 7. The first-order valence-corrected chi connectivity index (χ1v) is 12.4. The molecule has 1 saturated heterocycles. The minimum absolute atomic E-state index is 0.0526. The maximum absolute atomic E-state index is 13.4. The number of likely N-dealkylation sites (N-methyl/N-ethyl adjacent to an activating group) is 1. The molecule has 1 fully saturated rings. The van der Waals surface area contributed by atoms with Crippen molar-refractivity contribution in [2.75, 3.05) is 38.1 Å². The lowest BCUT2D eigenvalue weighted by atomic mass is 10.0. The van der Waals surface area contributed by atoms with Crippen LogP contribution in [0.1, 0.15) is 48.3 Å². The number of aryl methyl sites for hydroxylation is 2. The summed E-state index contributed by atoms with van der Waals surface area (Å²) in [7, 11) is 4.05. The average molecular weight is 476 g/mol. The summed E-state index contributed by atoms with van der Waals surface area (Å²) in [5, 5.41) is 7.52. The van der Waals surface area contributed by atoms with Crippen LogP contribution >= 0.6 is 0 Å². The van der Waals surface area contributed by atoms with Crippen LogP contribution in [0, 0.1) is 6.92 Å². The van der Waals surface area contributed by atoms with Gasteiger partial charge in [-0.25, -0.2) is 0 Å². The van der Waals surface area contributed by atoms with Crippen LogP contribution in [-0.4, -0.2) is 59.9 Å². The molecule has 0 spiro atoms. The molecule has 0 bridgehead atoms. The molecule has 1 aliphatic rings. The first-order chi connectivity index (χ1) is 16.7. The number of amides is 1. The topological polar surface area (TPSA) is 62.6 Å². The van der Waals surface area contributed by atoms with Gasteiger partial charge in [0.1, 0.15) is 5.75 Å². The summed E-state index contributed by atoms with van der Waals surface area (Å²) >= 11 is 0. The van der Waals surface area contributed by atoms with Gasteiger partial charge >= 0.3 is 0 Å². The van der Waals surface area contributed by atoms with Gasteiger partial charge in [-0.3, -0.25) is 9.48 Å². The van der Waals surface area contributed by atoms with Crippen LogP contribution in [0.15, 0.2) is 48.8 Å². The molecule has 7 nitrogen and oxygen atoms in total. The summed E-state index contributed by atoms with van der Waals surface area (Å²) in [6, 6.07) is 12.1. The number of carbonyl (C=O) groups excluding carboxylic acids is 1. The summed E-state index contributed by atoms with van der Waals surface area (Å²) < 4.78 is 7.81. The van der Waals surface area contributed by atoms with Gasteiger partial charge in [-0.2, -0.15) is 5.10 Å². The number of benzene rings is 2. The molecule has 1 aromatic heterocycles. The van der Waals surface area contributed by atoms with Gasteiger partial charge in [-0.15, -0.1) is 0 Å². The average Bonchev–Trinajstić information content (AvgIpc) is 3.25. The minimum atomic E-state index is -0.194. The highest BCUT2D eigenvalue weighted by molar-refractivity contribution is 5.97. The number of anilines is 1. The molecule has 2 aromatic carbocycles. The molecule has 7 heteroatoms. The van der Waals surface area contributed by atoms with Crippen molar-refractivity contribution < 1.29 is 9.53 Å². The van der Waals surface area contributed by atoms with E-state index in [4.69, 9.17) is 4.74 Å². The van der Waals surface area contributed by atoms with Crippen LogP contribution in [0.25, 0.3) is 11.1 Å². The van der Waals surface area contributed by atoms with Crippen LogP contribution in [0.2, 0.25) is 0 Å². The number of nitrogens with one attached hydrogen (secondary N) is 1. The maximum atomic E-state index is 13.4. The van der Waals surface area contributed by atoms with Crippen molar-refractivity contribution in [1.82, 2.24) is 20.0 Å². The summed E-state index contributed by atoms with van der Waals surface area (Å²) in [5.41, 5.74) is 5.81. The van der Waals surface area contributed by atoms with Crippen LogP contribution < -0.4 is 15.0 Å². The Balaban J connectivity index is 1.56. The fraction of sp³-hybridized carbons (Fsp3) is 0.429. The van der Waals surface area contributed by atoms with Crippen molar-refractivity contribution in [3.8, 4) is 16.9 Å². The first kappa shape index (κ1) is 24.8. The van der Waals surface area contributed by atoms with Crippen LogP contribution in [0.3, 0.4) is 0 Å². The molecule has 2 heterocycles. The highest BCUT2D eigenvalue weighted by Crippen LogP contribution is 2.30. The standard InChI is InChI=1S/C28H37N5O2/c1-19(2)35-26-14-22(13-23(15-26)24-17-29-32(6)18-24)21(4)30-28(34)27-16-25(8-7-20(27)3)33-11-9-31(5)10-12-33/h7-8,13-19,21H,9-12H2,1-6H3,(H,30,34)/t21-/m1/s1. The van der Waals surface area contributed by atoms with E-state index in [-0.39, 0.29) is 18.1 Å². The van der Waals surface area contributed by atoms with Crippen molar-refractivity contribution in [1.29, 1.82) is 0 Å². The van der Waals surface area contributed by atoms with Gasteiger partial charge in [0.15, 0.2) is 0 Å². The van der Waals surface area contributed by atoms with E-state index >= 15 is 0 Å². The van der Waals surface area contributed by atoms with Gasteiger partial charge in [0.05, 0.1) is 18.3 Å². The molecule has 0 radical (unpaired) electrons. The van der Waals surface area contributed by atoms with E-state index in [0.717, 1.165) is 65.4 Å². The lowest BCUT2D eigenvalue weighted by Gasteiger charge is -2.34. The fourth-order valence-electron chi connectivity index (χ4n) is 4.42. The number of nitrogens with zero attached hydrogens (tertiary/aromatic N) is 4. The summed E-state index contributed by atoms with van der Waals surface area (Å²) in [5.74, 6) is 0.717. The van der Waals surface area contributed by atoms with Gasteiger partial charge in [-0.05, 0) is 81.8 Å². The number of aromatic nitrogens is 2. The lowest BCUT2D eigenvalue weighted by Crippen LogP contribution is -2.44. The monoisotopic (exact) mass is 475 g/mol. The van der Waals surface area contributed by atoms with E-state index in [1.807, 2.05) is 71.4 Å². The maximum Gasteiger partial charge on any atom is 0.252 e. The quantitative estimate of drug-likeness (QED) is 0.548. The summed E-state index contributed by atoms with van der Waals surface area (Å²) in [6.07, 6.45) is 3.88. The van der Waals surface area contributed by atoms with E-state index in [1.54, 1.807) is 4.68 Å². The Kier molecular flexibility index (Phi) is 7.45. The molecule has 1 aliphatic heterocycles. The third-order valence-electron chi connectivity index (χ3n) is 6.52. The van der Waals surface area contributed by atoms with Crippen LogP contribution in [-0.2, 0) is 7.05 Å². The minimum Gasteiger partial charge on any atom is -0.491 e. The molecule has 4 rings (SSSR count). The number of carbonyl (C=O) groups is 1. The molecule has 0 unspecified atom stereocenters. The zero-order valence-corrected chi connectivity index (χ0v) is 21.7. The van der Waals surface area contributed by atoms with Gasteiger partial charge in [0.2, 0.25) is 0 Å². The third-order valence-corrected chi connectivity index (χ3v) is 6.52. The Hall–Kier alpha value is -3.32. The zero-order chi connectivity index (χ0) is 25.1. The summed E-state index contributed by atoms with van der Waals surface area (Å²) in [6.45, 7) is 12.0. The number of hydrogen-bond acceptors (Lipinski definition) is 5. The second-order valence-corrected chi connectivity index (χ2v) is 9.84. The SMILES string of the molecule is Cc1ccc(N2CCN(C)CC2)cc1C(=O)N[C@H](C)c1cc(OC(C)C)cc(-c2cnn(C)c2)c1. The van der Waals surface area contributed by atoms with Crippen molar-refractivity contribution >= 4 is 11.6 Å². The molecule has 0 saturated carbocycles. The molecular formula is C28H37N5O2. The number of hydrogen-bond donors (Lipinski definition) is 1. The predicted octanol–water partition coefficient (Wildman–Crippen LogP) is 4.43. The normalized spacial score (nSPS) is 15.3. The van der Waals surface area contributed by atoms with E-state index < -0.39 is 0 Å². The van der Waals surface area contributed by atoms with E-state index in [1.165, 1.54) is 0 Å². The molecule has 1 atom stereocenters. The second kappa shape index (κ2) is 10.5. The van der Waals surface area contributed by atoms with Crippen LogP contribution in [0.5, 0.6) is 5.75 Å². The molecule has 1 amide bonds. The molecule has 35 heavy (non-hydrogen) atoms. The van der Waals surface area contributed by atoms with E-state index in [9.17, 15) is 4.79 Å². The smallest absolute Gasteiger partial charge is 0.252 e. The van der Waals surface area contributed by atoms with Crippen molar-refractivity contribution in [3.63, 3.8) is 0 Å². The first-order valence-electron chi connectivity index (χ1n) is 12.4. The van der Waals surface area contributed by atoms with E-state index in [2.05, 4.69) is 39.4 Å².